The van der Waals surface area contributed by atoms with Crippen LogP contribution in [0.4, 0.5) is 16.2 Å². The number of anilines is 1. The summed E-state index contributed by atoms with van der Waals surface area (Å²) in [5, 5.41) is 14.2. The molecular weight excluding hydrogens is 340 g/mol. The molecule has 0 saturated carbocycles. The minimum Gasteiger partial charge on any atom is -0.465 e. The lowest BCUT2D eigenvalue weighted by molar-refractivity contribution is -0.385. The number of nitro groups is 1. The molecule has 9 heteroatoms. The summed E-state index contributed by atoms with van der Waals surface area (Å²) in [6.07, 6.45) is 1.82. The van der Waals surface area contributed by atoms with Crippen LogP contribution < -0.4 is 10.2 Å². The van der Waals surface area contributed by atoms with Crippen molar-refractivity contribution in [2.75, 3.05) is 38.2 Å². The quantitative estimate of drug-likeness (QED) is 0.496. The van der Waals surface area contributed by atoms with Crippen molar-refractivity contribution in [1.29, 1.82) is 0 Å². The molecule has 140 valence electrons. The summed E-state index contributed by atoms with van der Waals surface area (Å²) in [7, 11) is 1.21. The van der Waals surface area contributed by atoms with Gasteiger partial charge < -0.3 is 19.9 Å². The van der Waals surface area contributed by atoms with Crippen molar-refractivity contribution in [1.82, 2.24) is 10.2 Å². The van der Waals surface area contributed by atoms with Crippen molar-refractivity contribution in [2.24, 2.45) is 0 Å². The molecule has 1 atom stereocenters. The highest BCUT2D eigenvalue weighted by Gasteiger charge is 2.32. The smallest absolute Gasteiger partial charge is 0.344 e. The van der Waals surface area contributed by atoms with E-state index in [9.17, 15) is 19.7 Å². The predicted octanol–water partition coefficient (Wildman–Crippen LogP) is 1.68. The largest absolute Gasteiger partial charge is 0.465 e. The lowest BCUT2D eigenvalue weighted by Crippen LogP contribution is -2.49. The number of amides is 2. The number of methoxy groups -OCH3 is 1. The van der Waals surface area contributed by atoms with Gasteiger partial charge in [-0.05, 0) is 31.9 Å². The third kappa shape index (κ3) is 3.29. The van der Waals surface area contributed by atoms with Crippen LogP contribution >= 0.6 is 0 Å². The van der Waals surface area contributed by atoms with Gasteiger partial charge in [0.15, 0.2) is 0 Å². The molecule has 1 aromatic rings. The van der Waals surface area contributed by atoms with Gasteiger partial charge in [-0.2, -0.15) is 0 Å². The number of urea groups is 1. The summed E-state index contributed by atoms with van der Waals surface area (Å²) in [4.78, 5) is 38.7. The lowest BCUT2D eigenvalue weighted by Gasteiger charge is -2.38. The van der Waals surface area contributed by atoms with E-state index in [1.165, 1.54) is 13.2 Å². The number of hydrogen-bond donors (Lipinski definition) is 1. The molecule has 1 unspecified atom stereocenters. The number of ether oxygens (including phenoxy) is 1. The van der Waals surface area contributed by atoms with E-state index < -0.39 is 10.9 Å². The van der Waals surface area contributed by atoms with E-state index in [1.54, 1.807) is 13.0 Å². The summed E-state index contributed by atoms with van der Waals surface area (Å²) < 4.78 is 4.72. The number of rotatable bonds is 4. The van der Waals surface area contributed by atoms with Crippen LogP contribution in [0.2, 0.25) is 0 Å². The zero-order valence-corrected chi connectivity index (χ0v) is 14.9. The molecule has 2 aliphatic rings. The van der Waals surface area contributed by atoms with Crippen LogP contribution in [0.1, 0.15) is 28.8 Å². The van der Waals surface area contributed by atoms with Gasteiger partial charge in [0.05, 0.1) is 18.1 Å². The van der Waals surface area contributed by atoms with Gasteiger partial charge in [0, 0.05) is 37.4 Å². The van der Waals surface area contributed by atoms with E-state index in [2.05, 4.69) is 10.2 Å². The van der Waals surface area contributed by atoms with Crippen molar-refractivity contribution in [3.8, 4) is 0 Å². The van der Waals surface area contributed by atoms with Crippen molar-refractivity contribution in [2.45, 2.75) is 25.8 Å². The van der Waals surface area contributed by atoms with Gasteiger partial charge >= 0.3 is 12.0 Å². The van der Waals surface area contributed by atoms with Crippen molar-refractivity contribution in [3.63, 3.8) is 0 Å². The van der Waals surface area contributed by atoms with Crippen molar-refractivity contribution < 1.29 is 19.2 Å². The van der Waals surface area contributed by atoms with Gasteiger partial charge in [0.1, 0.15) is 5.56 Å². The number of esters is 1. The monoisotopic (exact) mass is 362 g/mol. The number of nitrogens with one attached hydrogen (secondary N) is 1. The topological polar surface area (TPSA) is 105 Å². The molecule has 0 aliphatic carbocycles. The molecule has 2 heterocycles. The molecule has 3 rings (SSSR count). The Labute approximate surface area is 151 Å². The zero-order valence-electron chi connectivity index (χ0n) is 14.9. The van der Waals surface area contributed by atoms with Gasteiger partial charge in [-0.25, -0.2) is 9.59 Å². The first-order valence-electron chi connectivity index (χ1n) is 8.59. The van der Waals surface area contributed by atoms with Crippen LogP contribution in [-0.2, 0) is 4.74 Å². The average Bonchev–Trinajstić information content (AvgIpc) is 3.06. The van der Waals surface area contributed by atoms with Gasteiger partial charge in [0.2, 0.25) is 0 Å². The second-order valence-electron chi connectivity index (χ2n) is 6.57. The molecule has 1 N–H and O–H groups in total. The molecular formula is C17H22N4O5. The number of carbonyl (C=O) groups is 2. The summed E-state index contributed by atoms with van der Waals surface area (Å²) in [5.41, 5.74) is 0.869. The molecule has 1 aromatic carbocycles. The van der Waals surface area contributed by atoms with Crippen molar-refractivity contribution >= 4 is 23.4 Å². The van der Waals surface area contributed by atoms with Crippen LogP contribution in [0, 0.1) is 17.0 Å². The van der Waals surface area contributed by atoms with E-state index in [1.807, 2.05) is 4.90 Å². The SMILES string of the molecule is COC(=O)c1cc(N2CCCC(N3CCNC3=O)C2)cc(C)c1[N+](=O)[O-]. The predicted molar refractivity (Wildman–Crippen MR) is 94.5 cm³/mol. The highest BCUT2D eigenvalue weighted by Crippen LogP contribution is 2.32. The lowest BCUT2D eigenvalue weighted by atomic mass is 10.0. The second kappa shape index (κ2) is 7.19. The number of nitro benzene ring substituents is 1. The molecule has 26 heavy (non-hydrogen) atoms. The van der Waals surface area contributed by atoms with Crippen molar-refractivity contribution in [3.05, 3.63) is 33.4 Å². The Morgan fingerprint density at radius 2 is 2.15 bits per heavy atom. The van der Waals surface area contributed by atoms with Gasteiger partial charge in [-0.15, -0.1) is 0 Å². The Balaban J connectivity index is 1.90. The van der Waals surface area contributed by atoms with E-state index in [0.29, 0.717) is 25.2 Å². The highest BCUT2D eigenvalue weighted by molar-refractivity contribution is 5.96. The van der Waals surface area contributed by atoms with Gasteiger partial charge in [0.25, 0.3) is 5.69 Å². The molecule has 0 radical (unpaired) electrons. The Bertz CT molecular complexity index is 751. The van der Waals surface area contributed by atoms with Gasteiger partial charge in [-0.3, -0.25) is 10.1 Å². The molecule has 2 amide bonds. The van der Waals surface area contributed by atoms with Crippen LogP contribution in [0.25, 0.3) is 0 Å². The molecule has 2 fully saturated rings. The molecule has 2 saturated heterocycles. The first-order valence-corrected chi connectivity index (χ1v) is 8.59. The summed E-state index contributed by atoms with van der Waals surface area (Å²) in [5.74, 6) is -0.728. The van der Waals surface area contributed by atoms with E-state index >= 15 is 0 Å². The Hall–Kier alpha value is -2.84. The first kappa shape index (κ1) is 18.0. The van der Waals surface area contributed by atoms with E-state index in [-0.39, 0.29) is 23.3 Å². The molecule has 2 aliphatic heterocycles. The number of benzene rings is 1. The number of aryl methyl sites for hydroxylation is 1. The number of nitrogens with zero attached hydrogens (tertiary/aromatic N) is 3. The Kier molecular flexibility index (Phi) is 4.97. The maximum Gasteiger partial charge on any atom is 0.344 e. The summed E-state index contributed by atoms with van der Waals surface area (Å²) in [6.45, 7) is 4.35. The van der Waals surface area contributed by atoms with Crippen LogP contribution in [0.5, 0.6) is 0 Å². The van der Waals surface area contributed by atoms with Crippen LogP contribution in [0.15, 0.2) is 12.1 Å². The third-order valence-corrected chi connectivity index (χ3v) is 4.97. The zero-order chi connectivity index (χ0) is 18.8. The van der Waals surface area contributed by atoms with E-state index in [0.717, 1.165) is 25.1 Å². The fourth-order valence-corrected chi connectivity index (χ4v) is 3.73. The minimum absolute atomic E-state index is 0.0476. The fourth-order valence-electron chi connectivity index (χ4n) is 3.73. The minimum atomic E-state index is -0.728. The molecule has 9 nitrogen and oxygen atoms in total. The Morgan fingerprint density at radius 1 is 1.38 bits per heavy atom. The maximum absolute atomic E-state index is 12.0. The Morgan fingerprint density at radius 3 is 2.77 bits per heavy atom. The summed E-state index contributed by atoms with van der Waals surface area (Å²) >= 11 is 0. The molecule has 0 aromatic heterocycles. The van der Waals surface area contributed by atoms with Crippen LogP contribution in [0.3, 0.4) is 0 Å². The van der Waals surface area contributed by atoms with E-state index in [4.69, 9.17) is 4.74 Å². The maximum atomic E-state index is 12.0. The standard InChI is InChI=1S/C17H22N4O5/c1-11-8-13(9-14(16(22)26-2)15(11)21(24)25)19-6-3-4-12(10-19)20-7-5-18-17(20)23/h8-9,12H,3-7,10H2,1-2H3,(H,18,23). The number of piperidine rings is 1. The fraction of sp³-hybridized carbons (Fsp3) is 0.529. The van der Waals surface area contributed by atoms with Crippen LogP contribution in [-0.4, -0.2) is 61.2 Å². The average molecular weight is 362 g/mol. The second-order valence-corrected chi connectivity index (χ2v) is 6.57. The van der Waals surface area contributed by atoms with Gasteiger partial charge in [-0.1, -0.05) is 0 Å². The number of hydrogen-bond acceptors (Lipinski definition) is 6. The normalized spacial score (nSPS) is 20.1. The first-order chi connectivity index (χ1) is 12.4. The highest BCUT2D eigenvalue weighted by atomic mass is 16.6. The third-order valence-electron chi connectivity index (χ3n) is 4.97. The molecule has 0 spiro atoms. The summed E-state index contributed by atoms with van der Waals surface area (Å²) in [6, 6.07) is 3.27. The molecule has 0 bridgehead atoms. The number of carbonyl (C=O) groups excluding carboxylic acids is 2.